The first-order valence-electron chi connectivity index (χ1n) is 12.4. The molecule has 4 heterocycles. The van der Waals surface area contributed by atoms with Crippen molar-refractivity contribution in [2.75, 3.05) is 18.0 Å². The van der Waals surface area contributed by atoms with E-state index in [0.29, 0.717) is 29.3 Å². The third-order valence-electron chi connectivity index (χ3n) is 6.82. The summed E-state index contributed by atoms with van der Waals surface area (Å²) in [5.41, 5.74) is 2.58. The van der Waals surface area contributed by atoms with Gasteiger partial charge < -0.3 is 14.2 Å². The van der Waals surface area contributed by atoms with E-state index in [1.54, 1.807) is 17.0 Å². The van der Waals surface area contributed by atoms with Gasteiger partial charge in [0.05, 0.1) is 31.6 Å². The molecule has 1 aliphatic rings. The maximum Gasteiger partial charge on any atom is 0.242 e. The largest absolute Gasteiger partial charge is 0.467 e. The second-order valence-corrected chi connectivity index (χ2v) is 10.7. The fraction of sp³-hybridized carbons (Fsp3) is 0.333. The van der Waals surface area contributed by atoms with Crippen LogP contribution in [0.1, 0.15) is 42.7 Å². The lowest BCUT2D eigenvalue weighted by molar-refractivity contribution is -0.133. The molecule has 1 saturated heterocycles. The smallest absolute Gasteiger partial charge is 0.242 e. The molecular formula is C27H27BrClFN6O2. The van der Waals surface area contributed by atoms with Gasteiger partial charge in [-0.2, -0.15) is 4.39 Å². The summed E-state index contributed by atoms with van der Waals surface area (Å²) in [7, 11) is 0. The minimum absolute atomic E-state index is 0.0478. The molecule has 198 valence electrons. The molecule has 3 aromatic heterocycles. The number of carbonyl (C=O) groups is 1. The molecule has 2 unspecified atom stereocenters. The molecule has 1 fully saturated rings. The summed E-state index contributed by atoms with van der Waals surface area (Å²) < 4.78 is 21.0. The van der Waals surface area contributed by atoms with E-state index >= 15 is 0 Å². The van der Waals surface area contributed by atoms with Crippen molar-refractivity contribution >= 4 is 39.1 Å². The molecule has 1 aliphatic heterocycles. The Morgan fingerprint density at radius 3 is 2.87 bits per heavy atom. The Hall–Kier alpha value is -3.24. The molecule has 11 heteroatoms. The van der Waals surface area contributed by atoms with Gasteiger partial charge in [0.15, 0.2) is 0 Å². The number of nitrogens with zero attached hydrogens (tertiary/aromatic N) is 6. The minimum Gasteiger partial charge on any atom is -0.467 e. The van der Waals surface area contributed by atoms with Gasteiger partial charge in [0.2, 0.25) is 11.9 Å². The predicted octanol–water partition coefficient (Wildman–Crippen LogP) is 5.67. The van der Waals surface area contributed by atoms with Gasteiger partial charge in [-0.05, 0) is 78.2 Å². The maximum absolute atomic E-state index is 13.5. The van der Waals surface area contributed by atoms with Crippen molar-refractivity contribution in [3.8, 4) is 0 Å². The molecule has 5 rings (SSSR count). The summed E-state index contributed by atoms with van der Waals surface area (Å²) >= 11 is 9.54. The molecule has 0 bridgehead atoms. The number of hydrogen-bond acceptors (Lipinski definition) is 6. The van der Waals surface area contributed by atoms with E-state index < -0.39 is 5.95 Å². The van der Waals surface area contributed by atoms with E-state index in [2.05, 4.69) is 38.1 Å². The van der Waals surface area contributed by atoms with E-state index in [9.17, 15) is 9.18 Å². The van der Waals surface area contributed by atoms with Crippen molar-refractivity contribution in [3.63, 3.8) is 0 Å². The highest BCUT2D eigenvalue weighted by Gasteiger charge is 2.32. The number of pyridine rings is 1. The number of hydrogen-bond donors (Lipinski definition) is 0. The Labute approximate surface area is 233 Å². The van der Waals surface area contributed by atoms with Crippen molar-refractivity contribution in [1.82, 2.24) is 24.9 Å². The van der Waals surface area contributed by atoms with Crippen molar-refractivity contribution in [2.45, 2.75) is 44.8 Å². The Balaban J connectivity index is 1.22. The van der Waals surface area contributed by atoms with Gasteiger partial charge in [-0.15, -0.1) is 5.10 Å². The zero-order valence-corrected chi connectivity index (χ0v) is 23.1. The first-order valence-corrected chi connectivity index (χ1v) is 13.6. The minimum atomic E-state index is -0.535. The van der Waals surface area contributed by atoms with E-state index in [4.69, 9.17) is 16.0 Å². The van der Waals surface area contributed by atoms with Gasteiger partial charge >= 0.3 is 0 Å². The lowest BCUT2D eigenvalue weighted by Gasteiger charge is -2.38. The Bertz CT molecular complexity index is 1400. The van der Waals surface area contributed by atoms with Crippen molar-refractivity contribution in [1.29, 1.82) is 0 Å². The second-order valence-electron chi connectivity index (χ2n) is 9.50. The first-order chi connectivity index (χ1) is 18.4. The molecule has 0 aliphatic carbocycles. The van der Waals surface area contributed by atoms with Crippen LogP contribution in [-0.2, 0) is 17.9 Å². The van der Waals surface area contributed by atoms with Gasteiger partial charge in [0, 0.05) is 41.0 Å². The summed E-state index contributed by atoms with van der Waals surface area (Å²) in [6, 6.07) is 14.3. The molecule has 1 aromatic carbocycles. The third kappa shape index (κ3) is 6.24. The summed E-state index contributed by atoms with van der Waals surface area (Å²) in [5, 5.41) is 9.27. The molecule has 2 atom stereocenters. The number of furan rings is 1. The van der Waals surface area contributed by atoms with E-state index in [0.717, 1.165) is 35.5 Å². The fourth-order valence-electron chi connectivity index (χ4n) is 4.88. The highest BCUT2D eigenvalue weighted by atomic mass is 79.9. The Morgan fingerprint density at radius 2 is 2.13 bits per heavy atom. The van der Waals surface area contributed by atoms with Crippen LogP contribution in [0.4, 0.5) is 10.1 Å². The van der Waals surface area contributed by atoms with Crippen LogP contribution in [-0.4, -0.2) is 49.9 Å². The number of halogens is 3. The van der Waals surface area contributed by atoms with Gasteiger partial charge in [0.25, 0.3) is 0 Å². The molecule has 0 spiro atoms. The number of rotatable bonds is 8. The second kappa shape index (κ2) is 11.7. The third-order valence-corrected chi connectivity index (χ3v) is 7.74. The monoisotopic (exact) mass is 600 g/mol. The number of likely N-dealkylation sites (tertiary alicyclic amines) is 1. The Kier molecular flexibility index (Phi) is 8.09. The Morgan fingerprint density at radius 1 is 1.26 bits per heavy atom. The summed E-state index contributed by atoms with van der Waals surface area (Å²) in [6.07, 6.45) is 5.15. The number of anilines is 1. The van der Waals surface area contributed by atoms with Crippen LogP contribution in [0, 0.1) is 5.95 Å². The van der Waals surface area contributed by atoms with Gasteiger partial charge in [-0.1, -0.05) is 22.9 Å². The van der Waals surface area contributed by atoms with Gasteiger partial charge in [0.1, 0.15) is 10.4 Å². The summed E-state index contributed by atoms with van der Waals surface area (Å²) in [5.74, 6) is 0.493. The molecular weight excluding hydrogens is 575 g/mol. The molecule has 0 saturated carbocycles. The van der Waals surface area contributed by atoms with E-state index in [1.165, 1.54) is 6.07 Å². The van der Waals surface area contributed by atoms with E-state index in [-0.39, 0.29) is 24.4 Å². The van der Waals surface area contributed by atoms with Crippen LogP contribution in [0.3, 0.4) is 0 Å². The number of amides is 1. The first kappa shape index (κ1) is 26.4. The number of carbonyl (C=O) groups excluding carboxylic acids is 1. The van der Waals surface area contributed by atoms with Crippen LogP contribution in [0.5, 0.6) is 0 Å². The molecule has 0 radical (unpaired) electrons. The quantitative estimate of drug-likeness (QED) is 0.242. The average Bonchev–Trinajstić information content (AvgIpc) is 3.58. The summed E-state index contributed by atoms with van der Waals surface area (Å²) in [4.78, 5) is 21.2. The highest BCUT2D eigenvalue weighted by molar-refractivity contribution is 9.10. The fourth-order valence-corrected chi connectivity index (χ4v) is 5.49. The van der Waals surface area contributed by atoms with Crippen molar-refractivity contribution in [3.05, 3.63) is 93.6 Å². The SMILES string of the molecule is CC1CC(c2cn(Cc3ccc(F)nc3Br)nn2)CCN1C(=O)CN(Cc1ccco1)c1cccc(Cl)c1. The molecule has 38 heavy (non-hydrogen) atoms. The van der Waals surface area contributed by atoms with Crippen LogP contribution in [0.2, 0.25) is 5.02 Å². The van der Waals surface area contributed by atoms with Crippen LogP contribution >= 0.6 is 27.5 Å². The van der Waals surface area contributed by atoms with Crippen LogP contribution in [0.15, 0.2) is 70.0 Å². The van der Waals surface area contributed by atoms with Gasteiger partial charge in [-0.25, -0.2) is 9.67 Å². The lowest BCUT2D eigenvalue weighted by Crippen LogP contribution is -2.48. The molecule has 1 amide bonds. The predicted molar refractivity (Wildman–Crippen MR) is 145 cm³/mol. The van der Waals surface area contributed by atoms with Crippen LogP contribution in [0.25, 0.3) is 0 Å². The number of benzene rings is 1. The zero-order chi connectivity index (χ0) is 26.6. The molecule has 8 nitrogen and oxygen atoms in total. The summed E-state index contributed by atoms with van der Waals surface area (Å²) in [6.45, 7) is 3.82. The normalized spacial score (nSPS) is 17.5. The highest BCUT2D eigenvalue weighted by Crippen LogP contribution is 2.31. The lowest BCUT2D eigenvalue weighted by atomic mass is 9.89. The maximum atomic E-state index is 13.5. The van der Waals surface area contributed by atoms with Crippen molar-refractivity contribution < 1.29 is 13.6 Å². The van der Waals surface area contributed by atoms with Crippen molar-refractivity contribution in [2.24, 2.45) is 0 Å². The number of piperidine rings is 1. The zero-order valence-electron chi connectivity index (χ0n) is 20.8. The van der Waals surface area contributed by atoms with E-state index in [1.807, 2.05) is 52.4 Å². The topological polar surface area (TPSA) is 80.3 Å². The molecule has 4 aromatic rings. The van der Waals surface area contributed by atoms with Gasteiger partial charge in [-0.3, -0.25) is 4.79 Å². The van der Waals surface area contributed by atoms with Crippen LogP contribution < -0.4 is 4.90 Å². The molecule has 0 N–H and O–H groups in total. The standard InChI is InChI=1S/C27H27BrClFN6O2/c1-18-12-19(24-16-35(33-32-24)14-20-7-8-25(30)31-27(20)28)9-10-36(18)26(37)17-34(15-23-6-3-11-38-23)22-5-2-4-21(29)13-22/h2-8,11,13,16,18-19H,9-10,12,14-15,17H2,1H3. The average molecular weight is 602 g/mol. The number of aromatic nitrogens is 4.